The summed E-state index contributed by atoms with van der Waals surface area (Å²) >= 11 is 0. The predicted octanol–water partition coefficient (Wildman–Crippen LogP) is 3.02. The number of esters is 1. The summed E-state index contributed by atoms with van der Waals surface area (Å²) in [5.41, 5.74) is 2.67. The molecule has 6 heteroatoms. The molecule has 2 rings (SSSR count). The lowest BCUT2D eigenvalue weighted by molar-refractivity contribution is -0.137. The number of aryl methyl sites for hydroxylation is 1. The maximum absolute atomic E-state index is 11.6. The Morgan fingerprint density at radius 2 is 2.00 bits per heavy atom. The van der Waals surface area contributed by atoms with Gasteiger partial charge in [-0.3, -0.25) is 0 Å². The Balaban J connectivity index is 2.25. The average molecular weight is 326 g/mol. The van der Waals surface area contributed by atoms with Crippen molar-refractivity contribution < 1.29 is 9.53 Å². The van der Waals surface area contributed by atoms with E-state index in [1.807, 2.05) is 37.3 Å². The van der Waals surface area contributed by atoms with E-state index in [0.29, 0.717) is 24.9 Å². The predicted molar refractivity (Wildman–Crippen MR) is 95.8 cm³/mol. The van der Waals surface area contributed by atoms with Crippen molar-refractivity contribution >= 4 is 23.8 Å². The van der Waals surface area contributed by atoms with Gasteiger partial charge >= 0.3 is 5.97 Å². The average Bonchev–Trinajstić information content (AvgIpc) is 2.59. The largest absolute Gasteiger partial charge is 0.463 e. The molecule has 24 heavy (non-hydrogen) atoms. The fourth-order valence-corrected chi connectivity index (χ4v) is 2.15. The monoisotopic (exact) mass is 326 g/mol. The van der Waals surface area contributed by atoms with Crippen LogP contribution in [-0.4, -0.2) is 29.6 Å². The molecule has 0 aliphatic carbocycles. The van der Waals surface area contributed by atoms with Gasteiger partial charge in [0.05, 0.1) is 12.3 Å². The number of aromatic nitrogens is 2. The molecule has 0 aliphatic rings. The standard InChI is InChI=1S/C18H22N4O2/c1-4-24-16(23)11-10-15-13(2)21-18(19-3)22-17(15)20-12-14-8-6-5-7-9-14/h5-11H,4,12H2,1-3H3,(H2,19,20,21,22)/b11-10+. The van der Waals surface area contributed by atoms with Crippen LogP contribution in [0.5, 0.6) is 0 Å². The first-order valence-corrected chi connectivity index (χ1v) is 7.83. The minimum atomic E-state index is -0.386. The number of carbonyl (C=O) groups excluding carboxylic acids is 1. The Kier molecular flexibility index (Phi) is 6.31. The highest BCUT2D eigenvalue weighted by Crippen LogP contribution is 2.21. The lowest BCUT2D eigenvalue weighted by Gasteiger charge is -2.12. The van der Waals surface area contributed by atoms with Gasteiger partial charge in [-0.25, -0.2) is 9.78 Å². The van der Waals surface area contributed by atoms with E-state index in [0.717, 1.165) is 16.8 Å². The molecule has 126 valence electrons. The minimum absolute atomic E-state index is 0.344. The van der Waals surface area contributed by atoms with Crippen LogP contribution in [0.15, 0.2) is 36.4 Å². The SMILES string of the molecule is CCOC(=O)/C=C/c1c(C)nc(NC)nc1NCc1ccccc1. The van der Waals surface area contributed by atoms with Crippen molar-refractivity contribution in [3.05, 3.63) is 53.2 Å². The summed E-state index contributed by atoms with van der Waals surface area (Å²) in [5, 5.41) is 6.25. The summed E-state index contributed by atoms with van der Waals surface area (Å²) in [4.78, 5) is 20.4. The van der Waals surface area contributed by atoms with Crippen LogP contribution >= 0.6 is 0 Å². The van der Waals surface area contributed by atoms with Crippen molar-refractivity contribution in [3.8, 4) is 0 Å². The number of carbonyl (C=O) groups is 1. The molecule has 0 spiro atoms. The lowest BCUT2D eigenvalue weighted by atomic mass is 10.2. The van der Waals surface area contributed by atoms with Crippen molar-refractivity contribution in [2.75, 3.05) is 24.3 Å². The van der Waals surface area contributed by atoms with Crippen molar-refractivity contribution in [2.24, 2.45) is 0 Å². The number of benzene rings is 1. The smallest absolute Gasteiger partial charge is 0.330 e. The molecule has 0 amide bonds. The van der Waals surface area contributed by atoms with E-state index in [4.69, 9.17) is 4.74 Å². The molecule has 0 unspecified atom stereocenters. The van der Waals surface area contributed by atoms with Crippen LogP contribution in [0.1, 0.15) is 23.7 Å². The molecule has 1 aromatic carbocycles. The second kappa shape index (κ2) is 8.67. The molecule has 0 atom stereocenters. The zero-order valence-electron chi connectivity index (χ0n) is 14.2. The molecule has 0 saturated heterocycles. The molecule has 0 fully saturated rings. The van der Waals surface area contributed by atoms with Crippen LogP contribution in [0, 0.1) is 6.92 Å². The Labute approximate surface area is 142 Å². The highest BCUT2D eigenvalue weighted by Gasteiger charge is 2.10. The van der Waals surface area contributed by atoms with Crippen LogP contribution in [0.3, 0.4) is 0 Å². The molecule has 0 saturated carbocycles. The van der Waals surface area contributed by atoms with Crippen LogP contribution in [-0.2, 0) is 16.1 Å². The summed E-state index contributed by atoms with van der Waals surface area (Å²) in [6.45, 7) is 4.62. The topological polar surface area (TPSA) is 76.1 Å². The summed E-state index contributed by atoms with van der Waals surface area (Å²) in [7, 11) is 1.77. The molecule has 1 heterocycles. The fraction of sp³-hybridized carbons (Fsp3) is 0.278. The number of ether oxygens (including phenoxy) is 1. The molecule has 0 bridgehead atoms. The Morgan fingerprint density at radius 1 is 1.25 bits per heavy atom. The lowest BCUT2D eigenvalue weighted by Crippen LogP contribution is -2.08. The second-order valence-corrected chi connectivity index (χ2v) is 5.07. The van der Waals surface area contributed by atoms with Gasteiger partial charge in [0.2, 0.25) is 5.95 Å². The van der Waals surface area contributed by atoms with E-state index in [-0.39, 0.29) is 5.97 Å². The van der Waals surface area contributed by atoms with Crippen LogP contribution in [0.4, 0.5) is 11.8 Å². The highest BCUT2D eigenvalue weighted by molar-refractivity contribution is 5.88. The Hall–Kier alpha value is -2.89. The third kappa shape index (κ3) is 4.81. The first-order chi connectivity index (χ1) is 11.6. The number of anilines is 2. The third-order valence-electron chi connectivity index (χ3n) is 3.34. The maximum atomic E-state index is 11.6. The fourth-order valence-electron chi connectivity index (χ4n) is 2.15. The van der Waals surface area contributed by atoms with E-state index >= 15 is 0 Å². The quantitative estimate of drug-likeness (QED) is 0.602. The number of hydrogen-bond acceptors (Lipinski definition) is 6. The van der Waals surface area contributed by atoms with Gasteiger partial charge in [0.1, 0.15) is 5.82 Å². The van der Waals surface area contributed by atoms with E-state index in [9.17, 15) is 4.79 Å². The van der Waals surface area contributed by atoms with E-state index < -0.39 is 0 Å². The maximum Gasteiger partial charge on any atom is 0.330 e. The van der Waals surface area contributed by atoms with Gasteiger partial charge in [-0.2, -0.15) is 4.98 Å². The number of hydrogen-bond donors (Lipinski definition) is 2. The molecular weight excluding hydrogens is 304 g/mol. The normalized spacial score (nSPS) is 10.6. The summed E-state index contributed by atoms with van der Waals surface area (Å²) < 4.78 is 4.92. The van der Waals surface area contributed by atoms with Crippen molar-refractivity contribution in [3.63, 3.8) is 0 Å². The molecular formula is C18H22N4O2. The van der Waals surface area contributed by atoms with Gasteiger partial charge in [0, 0.05) is 25.2 Å². The molecule has 1 aromatic heterocycles. The van der Waals surface area contributed by atoms with E-state index in [1.54, 1.807) is 20.0 Å². The van der Waals surface area contributed by atoms with Gasteiger partial charge in [-0.05, 0) is 25.5 Å². The van der Waals surface area contributed by atoms with Gasteiger partial charge in [0.25, 0.3) is 0 Å². The molecule has 6 nitrogen and oxygen atoms in total. The molecule has 0 aliphatic heterocycles. The van der Waals surface area contributed by atoms with Gasteiger partial charge in [-0.15, -0.1) is 0 Å². The van der Waals surface area contributed by atoms with Crippen molar-refractivity contribution in [1.29, 1.82) is 0 Å². The summed E-state index contributed by atoms with van der Waals surface area (Å²) in [5.74, 6) is 0.802. The van der Waals surface area contributed by atoms with Crippen LogP contribution in [0.2, 0.25) is 0 Å². The number of nitrogens with one attached hydrogen (secondary N) is 2. The van der Waals surface area contributed by atoms with Crippen molar-refractivity contribution in [1.82, 2.24) is 9.97 Å². The second-order valence-electron chi connectivity index (χ2n) is 5.07. The zero-order chi connectivity index (χ0) is 17.4. The Bertz CT molecular complexity index is 714. The minimum Gasteiger partial charge on any atom is -0.463 e. The van der Waals surface area contributed by atoms with Crippen molar-refractivity contribution in [2.45, 2.75) is 20.4 Å². The van der Waals surface area contributed by atoms with Crippen LogP contribution in [0.25, 0.3) is 6.08 Å². The number of nitrogens with zero attached hydrogens (tertiary/aromatic N) is 2. The Morgan fingerprint density at radius 3 is 2.67 bits per heavy atom. The molecule has 0 radical (unpaired) electrons. The first-order valence-electron chi connectivity index (χ1n) is 7.83. The molecule has 2 N–H and O–H groups in total. The van der Waals surface area contributed by atoms with Gasteiger partial charge < -0.3 is 15.4 Å². The molecule has 2 aromatic rings. The number of rotatable bonds is 7. The van der Waals surface area contributed by atoms with E-state index in [1.165, 1.54) is 6.08 Å². The van der Waals surface area contributed by atoms with E-state index in [2.05, 4.69) is 20.6 Å². The van der Waals surface area contributed by atoms with Gasteiger partial charge in [0.15, 0.2) is 0 Å². The third-order valence-corrected chi connectivity index (χ3v) is 3.34. The first kappa shape index (κ1) is 17.5. The highest BCUT2D eigenvalue weighted by atomic mass is 16.5. The zero-order valence-corrected chi connectivity index (χ0v) is 14.2. The van der Waals surface area contributed by atoms with Crippen LogP contribution < -0.4 is 10.6 Å². The summed E-state index contributed by atoms with van der Waals surface area (Å²) in [6, 6.07) is 10.0. The summed E-state index contributed by atoms with van der Waals surface area (Å²) in [6.07, 6.45) is 3.07. The van der Waals surface area contributed by atoms with Gasteiger partial charge in [-0.1, -0.05) is 30.3 Å².